The van der Waals surface area contributed by atoms with Crippen molar-refractivity contribution in [1.82, 2.24) is 14.7 Å². The summed E-state index contributed by atoms with van der Waals surface area (Å²) in [6.07, 6.45) is 7.57. The van der Waals surface area contributed by atoms with E-state index in [1.807, 2.05) is 6.07 Å². The summed E-state index contributed by atoms with van der Waals surface area (Å²) >= 11 is 0. The van der Waals surface area contributed by atoms with Crippen LogP contribution in [-0.2, 0) is 16.1 Å². The van der Waals surface area contributed by atoms with Crippen molar-refractivity contribution in [3.05, 3.63) is 40.3 Å². The Labute approximate surface area is 182 Å². The van der Waals surface area contributed by atoms with Crippen LogP contribution < -0.4 is 5.56 Å². The lowest BCUT2D eigenvalue weighted by molar-refractivity contribution is -0.145. The van der Waals surface area contributed by atoms with Gasteiger partial charge in [0.15, 0.2) is 5.69 Å². The molecule has 0 bridgehead atoms. The van der Waals surface area contributed by atoms with E-state index in [2.05, 4.69) is 12.0 Å². The molecule has 1 aliphatic heterocycles. The Hall–Kier alpha value is -2.70. The van der Waals surface area contributed by atoms with Crippen LogP contribution in [-0.4, -0.2) is 45.8 Å². The summed E-state index contributed by atoms with van der Waals surface area (Å²) < 4.78 is 6.47. The van der Waals surface area contributed by atoms with E-state index in [1.165, 1.54) is 11.8 Å². The third-order valence-electron chi connectivity index (χ3n) is 6.84. The van der Waals surface area contributed by atoms with Gasteiger partial charge < -0.3 is 9.64 Å². The number of carbonyl (C=O) groups excluding carboxylic acids is 2. The lowest BCUT2D eigenvalue weighted by Gasteiger charge is -2.33. The van der Waals surface area contributed by atoms with Crippen molar-refractivity contribution in [1.29, 1.82) is 0 Å². The van der Waals surface area contributed by atoms with E-state index in [0.717, 1.165) is 44.9 Å². The molecule has 7 heteroatoms. The Morgan fingerprint density at radius 1 is 1.13 bits per heavy atom. The summed E-state index contributed by atoms with van der Waals surface area (Å²) in [4.78, 5) is 41.1. The zero-order valence-electron chi connectivity index (χ0n) is 18.4. The lowest BCUT2D eigenvalue weighted by atomic mass is 9.84. The monoisotopic (exact) mass is 425 g/mol. The Morgan fingerprint density at radius 3 is 2.61 bits per heavy atom. The molecule has 2 heterocycles. The van der Waals surface area contributed by atoms with Crippen molar-refractivity contribution < 1.29 is 14.3 Å². The van der Waals surface area contributed by atoms with Crippen LogP contribution in [0.15, 0.2) is 29.1 Å². The van der Waals surface area contributed by atoms with Gasteiger partial charge in [-0.25, -0.2) is 9.48 Å². The average Bonchev–Trinajstić information content (AvgIpc) is 3.19. The van der Waals surface area contributed by atoms with Gasteiger partial charge in [-0.2, -0.15) is 5.10 Å². The van der Waals surface area contributed by atoms with Gasteiger partial charge in [-0.15, -0.1) is 0 Å². The number of likely N-dealkylation sites (tertiary alicyclic amines) is 1. The van der Waals surface area contributed by atoms with Crippen molar-refractivity contribution in [3.8, 4) is 0 Å². The molecule has 2 aliphatic rings. The molecule has 3 unspecified atom stereocenters. The van der Waals surface area contributed by atoms with Crippen molar-refractivity contribution in [2.45, 2.75) is 76.9 Å². The molecular weight excluding hydrogens is 394 g/mol. The van der Waals surface area contributed by atoms with Gasteiger partial charge in [0.25, 0.3) is 11.5 Å². The van der Waals surface area contributed by atoms with E-state index in [4.69, 9.17) is 4.74 Å². The largest absolute Gasteiger partial charge is 0.467 e. The summed E-state index contributed by atoms with van der Waals surface area (Å²) in [5.41, 5.74) is 0.0801. The fourth-order valence-electron chi connectivity index (χ4n) is 5.28. The maximum absolute atomic E-state index is 13.9. The number of hydrogen-bond donors (Lipinski definition) is 0. The number of aryl methyl sites for hydroxylation is 1. The van der Waals surface area contributed by atoms with Crippen LogP contribution in [0.3, 0.4) is 0 Å². The number of fused-ring (bicyclic) bond motifs is 2. The summed E-state index contributed by atoms with van der Waals surface area (Å²) in [6.45, 7) is 2.58. The fourth-order valence-corrected chi connectivity index (χ4v) is 5.28. The standard InChI is InChI=1S/C24H31N3O4/c1-3-4-9-14-26-22(28)18-12-7-6-11-17(18)21(25-26)23(29)27-19-13-8-5-10-16(19)15-20(27)24(30)31-2/h6-7,11-12,16,19-20H,3-5,8-10,13-15H2,1-2H3. The molecule has 2 fully saturated rings. The number of aromatic nitrogens is 2. The number of nitrogens with zero attached hydrogens (tertiary/aromatic N) is 3. The minimum Gasteiger partial charge on any atom is -0.467 e. The molecule has 1 aromatic carbocycles. The van der Waals surface area contributed by atoms with Crippen LogP contribution in [0.2, 0.25) is 0 Å². The SMILES string of the molecule is CCCCCn1nc(C(=O)N2C(C(=O)OC)CC3CCCCC32)c2ccccc2c1=O. The zero-order valence-corrected chi connectivity index (χ0v) is 18.4. The Kier molecular flexibility index (Phi) is 6.39. The number of ether oxygens (including phenoxy) is 1. The quantitative estimate of drug-likeness (QED) is 0.522. The first-order valence-corrected chi connectivity index (χ1v) is 11.5. The maximum atomic E-state index is 13.9. The van der Waals surface area contributed by atoms with Gasteiger partial charge >= 0.3 is 5.97 Å². The molecule has 1 aliphatic carbocycles. The van der Waals surface area contributed by atoms with Crippen LogP contribution in [0.4, 0.5) is 0 Å². The van der Waals surface area contributed by atoms with Gasteiger partial charge in [-0.1, -0.05) is 50.8 Å². The number of unbranched alkanes of at least 4 members (excludes halogenated alkanes) is 2. The number of methoxy groups -OCH3 is 1. The highest BCUT2D eigenvalue weighted by Crippen LogP contribution is 2.41. The lowest BCUT2D eigenvalue weighted by Crippen LogP contribution is -2.47. The van der Waals surface area contributed by atoms with Gasteiger partial charge in [0.05, 0.1) is 12.5 Å². The van der Waals surface area contributed by atoms with Crippen molar-refractivity contribution in [3.63, 3.8) is 0 Å². The highest BCUT2D eigenvalue weighted by atomic mass is 16.5. The van der Waals surface area contributed by atoms with Crippen LogP contribution in [0, 0.1) is 5.92 Å². The van der Waals surface area contributed by atoms with E-state index in [-0.39, 0.29) is 29.2 Å². The molecule has 4 rings (SSSR count). The van der Waals surface area contributed by atoms with Gasteiger partial charge in [0.1, 0.15) is 6.04 Å². The molecule has 3 atom stereocenters. The Balaban J connectivity index is 1.79. The number of hydrogen-bond acceptors (Lipinski definition) is 5. The van der Waals surface area contributed by atoms with Crippen LogP contribution in [0.25, 0.3) is 10.8 Å². The molecule has 0 radical (unpaired) electrons. The predicted octanol–water partition coefficient (Wildman–Crippen LogP) is 3.53. The van der Waals surface area contributed by atoms with Crippen LogP contribution in [0.1, 0.15) is 68.8 Å². The summed E-state index contributed by atoms with van der Waals surface area (Å²) in [7, 11) is 1.37. The first kappa shape index (κ1) is 21.5. The molecular formula is C24H31N3O4. The van der Waals surface area contributed by atoms with E-state index in [0.29, 0.717) is 29.7 Å². The zero-order chi connectivity index (χ0) is 22.0. The molecule has 1 aromatic heterocycles. The molecule has 166 valence electrons. The second-order valence-corrected chi connectivity index (χ2v) is 8.73. The molecule has 2 aromatic rings. The molecule has 7 nitrogen and oxygen atoms in total. The molecule has 0 N–H and O–H groups in total. The minimum absolute atomic E-state index is 0.0198. The van der Waals surface area contributed by atoms with Gasteiger partial charge in [0.2, 0.25) is 0 Å². The third kappa shape index (κ3) is 3.98. The first-order valence-electron chi connectivity index (χ1n) is 11.5. The maximum Gasteiger partial charge on any atom is 0.328 e. The summed E-state index contributed by atoms with van der Waals surface area (Å²) in [5.74, 6) is -0.336. The third-order valence-corrected chi connectivity index (χ3v) is 6.84. The van der Waals surface area contributed by atoms with Gasteiger partial charge in [0, 0.05) is 18.0 Å². The predicted molar refractivity (Wildman–Crippen MR) is 118 cm³/mol. The normalized spacial score (nSPS) is 23.0. The molecule has 0 spiro atoms. The molecule has 1 amide bonds. The summed E-state index contributed by atoms with van der Waals surface area (Å²) in [6, 6.07) is 6.57. The first-order chi connectivity index (χ1) is 15.1. The van der Waals surface area contributed by atoms with Crippen LogP contribution >= 0.6 is 0 Å². The average molecular weight is 426 g/mol. The number of esters is 1. The molecule has 1 saturated heterocycles. The number of rotatable bonds is 6. The smallest absolute Gasteiger partial charge is 0.328 e. The minimum atomic E-state index is -0.591. The topological polar surface area (TPSA) is 81.5 Å². The Morgan fingerprint density at radius 2 is 1.87 bits per heavy atom. The second kappa shape index (κ2) is 9.20. The number of amides is 1. The van der Waals surface area contributed by atoms with Crippen LogP contribution in [0.5, 0.6) is 0 Å². The van der Waals surface area contributed by atoms with E-state index < -0.39 is 6.04 Å². The highest BCUT2D eigenvalue weighted by molar-refractivity contribution is 6.06. The van der Waals surface area contributed by atoms with Crippen molar-refractivity contribution >= 4 is 22.6 Å². The van der Waals surface area contributed by atoms with E-state index in [9.17, 15) is 14.4 Å². The van der Waals surface area contributed by atoms with Crippen molar-refractivity contribution in [2.75, 3.05) is 7.11 Å². The number of benzene rings is 1. The summed E-state index contributed by atoms with van der Waals surface area (Å²) in [5, 5.41) is 5.58. The second-order valence-electron chi connectivity index (χ2n) is 8.73. The fraction of sp³-hybridized carbons (Fsp3) is 0.583. The Bertz CT molecular complexity index is 1030. The van der Waals surface area contributed by atoms with E-state index in [1.54, 1.807) is 23.1 Å². The van der Waals surface area contributed by atoms with Crippen molar-refractivity contribution in [2.24, 2.45) is 5.92 Å². The molecule has 1 saturated carbocycles. The van der Waals surface area contributed by atoms with E-state index >= 15 is 0 Å². The van der Waals surface area contributed by atoms with Gasteiger partial charge in [-0.05, 0) is 37.7 Å². The van der Waals surface area contributed by atoms with Gasteiger partial charge in [-0.3, -0.25) is 9.59 Å². The number of carbonyl (C=O) groups is 2. The molecule has 31 heavy (non-hydrogen) atoms. The highest BCUT2D eigenvalue weighted by Gasteiger charge is 2.48.